The van der Waals surface area contributed by atoms with E-state index in [1.54, 1.807) is 0 Å². The number of hydrogen-bond acceptors (Lipinski definition) is 1. The lowest BCUT2D eigenvalue weighted by molar-refractivity contribution is 0.571. The van der Waals surface area contributed by atoms with E-state index in [9.17, 15) is 0 Å². The van der Waals surface area contributed by atoms with Gasteiger partial charge in [-0.05, 0) is 30.3 Å². The molecule has 1 heterocycles. The lowest BCUT2D eigenvalue weighted by Gasteiger charge is -1.96. The summed E-state index contributed by atoms with van der Waals surface area (Å²) in [6.07, 6.45) is 3.72. The Morgan fingerprint density at radius 1 is 1.12 bits per heavy atom. The molecule has 0 aliphatic rings. The van der Waals surface area contributed by atoms with Crippen LogP contribution >= 0.6 is 27.5 Å². The molecule has 82 valence electrons. The monoisotopic (exact) mass is 296 g/mol. The first-order valence-corrected chi connectivity index (χ1v) is 6.20. The number of furan rings is 1. The first kappa shape index (κ1) is 11.5. The van der Waals surface area contributed by atoms with Crippen LogP contribution in [0.2, 0.25) is 0 Å². The molecule has 0 amide bonds. The van der Waals surface area contributed by atoms with Crippen molar-refractivity contribution < 1.29 is 4.42 Å². The SMILES string of the molecule is ClCC=Cc1ccc(-c2ccc(Br)cc2)o1. The number of rotatable bonds is 3. The van der Waals surface area contributed by atoms with E-state index in [-0.39, 0.29) is 0 Å². The van der Waals surface area contributed by atoms with Crippen LogP contribution in [0.5, 0.6) is 0 Å². The van der Waals surface area contributed by atoms with Gasteiger partial charge in [-0.2, -0.15) is 0 Å². The summed E-state index contributed by atoms with van der Waals surface area (Å²) in [7, 11) is 0. The highest BCUT2D eigenvalue weighted by molar-refractivity contribution is 9.10. The van der Waals surface area contributed by atoms with E-state index in [2.05, 4.69) is 15.9 Å². The third kappa shape index (κ3) is 2.77. The van der Waals surface area contributed by atoms with Crippen LogP contribution in [0.4, 0.5) is 0 Å². The van der Waals surface area contributed by atoms with Crippen molar-refractivity contribution in [2.24, 2.45) is 0 Å². The Hall–Kier alpha value is -0.990. The Morgan fingerprint density at radius 3 is 2.56 bits per heavy atom. The van der Waals surface area contributed by atoms with E-state index in [0.29, 0.717) is 5.88 Å². The van der Waals surface area contributed by atoms with Crippen molar-refractivity contribution in [1.29, 1.82) is 0 Å². The van der Waals surface area contributed by atoms with Crippen LogP contribution < -0.4 is 0 Å². The summed E-state index contributed by atoms with van der Waals surface area (Å²) in [5, 5.41) is 0. The quantitative estimate of drug-likeness (QED) is 0.730. The van der Waals surface area contributed by atoms with E-state index in [0.717, 1.165) is 21.6 Å². The van der Waals surface area contributed by atoms with E-state index in [4.69, 9.17) is 16.0 Å². The summed E-state index contributed by atoms with van der Waals surface area (Å²) in [4.78, 5) is 0. The lowest BCUT2D eigenvalue weighted by Crippen LogP contribution is -1.72. The van der Waals surface area contributed by atoms with E-state index in [1.165, 1.54) is 0 Å². The topological polar surface area (TPSA) is 13.1 Å². The Balaban J connectivity index is 2.24. The molecule has 0 N–H and O–H groups in total. The average Bonchev–Trinajstić information content (AvgIpc) is 2.76. The predicted octanol–water partition coefficient (Wildman–Crippen LogP) is 4.96. The molecule has 0 aliphatic carbocycles. The summed E-state index contributed by atoms with van der Waals surface area (Å²) in [6.45, 7) is 0. The molecule has 0 saturated carbocycles. The maximum absolute atomic E-state index is 5.65. The van der Waals surface area contributed by atoms with Gasteiger partial charge in [0.15, 0.2) is 0 Å². The van der Waals surface area contributed by atoms with E-state index < -0.39 is 0 Å². The molecular formula is C13H10BrClO. The minimum absolute atomic E-state index is 0.494. The number of alkyl halides is 1. The lowest BCUT2D eigenvalue weighted by atomic mass is 10.2. The van der Waals surface area contributed by atoms with Crippen LogP contribution in [0.1, 0.15) is 5.76 Å². The fraction of sp³-hybridized carbons (Fsp3) is 0.0769. The highest BCUT2D eigenvalue weighted by Gasteiger charge is 2.02. The first-order chi connectivity index (χ1) is 7.79. The maximum atomic E-state index is 5.65. The van der Waals surface area contributed by atoms with Gasteiger partial charge in [0.2, 0.25) is 0 Å². The molecule has 0 spiro atoms. The van der Waals surface area contributed by atoms with Crippen LogP contribution in [0.25, 0.3) is 17.4 Å². The van der Waals surface area contributed by atoms with Crippen molar-refractivity contribution in [2.45, 2.75) is 0 Å². The Labute approximate surface area is 108 Å². The minimum atomic E-state index is 0.494. The predicted molar refractivity (Wildman–Crippen MR) is 71.6 cm³/mol. The van der Waals surface area contributed by atoms with Crippen molar-refractivity contribution in [3.63, 3.8) is 0 Å². The summed E-state index contributed by atoms with van der Waals surface area (Å²) in [6, 6.07) is 11.9. The maximum Gasteiger partial charge on any atom is 0.134 e. The molecule has 0 unspecified atom stereocenters. The molecule has 0 bridgehead atoms. The van der Waals surface area contributed by atoms with Crippen molar-refractivity contribution in [2.75, 3.05) is 5.88 Å². The van der Waals surface area contributed by atoms with Gasteiger partial charge < -0.3 is 4.42 Å². The standard InChI is InChI=1S/C13H10BrClO/c14-11-5-3-10(4-6-11)13-8-7-12(16-13)2-1-9-15/h1-8H,9H2. The average molecular weight is 298 g/mol. The molecule has 0 saturated heterocycles. The second-order valence-corrected chi connectivity index (χ2v) is 4.49. The molecule has 0 fully saturated rings. The highest BCUT2D eigenvalue weighted by Crippen LogP contribution is 2.24. The Morgan fingerprint density at radius 2 is 1.88 bits per heavy atom. The van der Waals surface area contributed by atoms with Gasteiger partial charge in [-0.25, -0.2) is 0 Å². The molecular weight excluding hydrogens is 287 g/mol. The Bertz CT molecular complexity index is 485. The van der Waals surface area contributed by atoms with Crippen LogP contribution in [0.15, 0.2) is 51.4 Å². The second-order valence-electron chi connectivity index (χ2n) is 3.27. The van der Waals surface area contributed by atoms with Gasteiger partial charge in [-0.1, -0.05) is 34.1 Å². The highest BCUT2D eigenvalue weighted by atomic mass is 79.9. The molecule has 16 heavy (non-hydrogen) atoms. The minimum Gasteiger partial charge on any atom is -0.457 e. The van der Waals surface area contributed by atoms with Gasteiger partial charge in [-0.15, -0.1) is 11.6 Å². The van der Waals surface area contributed by atoms with Crippen LogP contribution in [0.3, 0.4) is 0 Å². The molecule has 1 aromatic heterocycles. The van der Waals surface area contributed by atoms with Gasteiger partial charge in [-0.3, -0.25) is 0 Å². The molecule has 3 heteroatoms. The first-order valence-electron chi connectivity index (χ1n) is 4.88. The summed E-state index contributed by atoms with van der Waals surface area (Å²) in [5.74, 6) is 2.18. The smallest absolute Gasteiger partial charge is 0.134 e. The largest absolute Gasteiger partial charge is 0.457 e. The number of allylic oxidation sites excluding steroid dienone is 1. The molecule has 0 aliphatic heterocycles. The zero-order valence-electron chi connectivity index (χ0n) is 8.49. The zero-order chi connectivity index (χ0) is 11.4. The van der Waals surface area contributed by atoms with Gasteiger partial charge >= 0.3 is 0 Å². The fourth-order valence-corrected chi connectivity index (χ4v) is 1.73. The van der Waals surface area contributed by atoms with Crippen LogP contribution in [-0.2, 0) is 0 Å². The van der Waals surface area contributed by atoms with Gasteiger partial charge in [0, 0.05) is 15.9 Å². The van der Waals surface area contributed by atoms with E-state index >= 15 is 0 Å². The molecule has 0 atom stereocenters. The zero-order valence-corrected chi connectivity index (χ0v) is 10.8. The summed E-state index contributed by atoms with van der Waals surface area (Å²) >= 11 is 8.96. The number of benzene rings is 1. The number of hydrogen-bond donors (Lipinski definition) is 0. The van der Waals surface area contributed by atoms with Crippen molar-refractivity contribution in [3.05, 3.63) is 52.7 Å². The number of halogens is 2. The van der Waals surface area contributed by atoms with Crippen LogP contribution in [0, 0.1) is 0 Å². The van der Waals surface area contributed by atoms with Gasteiger partial charge in [0.25, 0.3) is 0 Å². The van der Waals surface area contributed by atoms with Crippen LogP contribution in [-0.4, -0.2) is 5.88 Å². The normalized spacial score (nSPS) is 11.1. The fourth-order valence-electron chi connectivity index (χ4n) is 1.37. The molecule has 2 rings (SSSR count). The van der Waals surface area contributed by atoms with Crippen molar-refractivity contribution in [1.82, 2.24) is 0 Å². The second kappa shape index (κ2) is 5.37. The van der Waals surface area contributed by atoms with E-state index in [1.807, 2.05) is 48.6 Å². The Kier molecular flexibility index (Phi) is 3.86. The molecule has 1 nitrogen and oxygen atoms in total. The molecule has 1 aromatic carbocycles. The third-order valence-electron chi connectivity index (χ3n) is 2.13. The van der Waals surface area contributed by atoms with Gasteiger partial charge in [0.1, 0.15) is 11.5 Å². The van der Waals surface area contributed by atoms with Crippen molar-refractivity contribution >= 4 is 33.6 Å². The summed E-state index contributed by atoms with van der Waals surface area (Å²) in [5.41, 5.74) is 1.06. The summed E-state index contributed by atoms with van der Waals surface area (Å²) < 4.78 is 6.71. The van der Waals surface area contributed by atoms with Gasteiger partial charge in [0.05, 0.1) is 0 Å². The van der Waals surface area contributed by atoms with Crippen molar-refractivity contribution in [3.8, 4) is 11.3 Å². The molecule has 0 radical (unpaired) electrons. The third-order valence-corrected chi connectivity index (χ3v) is 2.83. The molecule has 2 aromatic rings.